The lowest BCUT2D eigenvalue weighted by Crippen LogP contribution is -2.43. The maximum Gasteiger partial charge on any atom is 0.410 e. The second-order valence-electron chi connectivity index (χ2n) is 7.94. The molecule has 136 valence electrons. The fraction of sp³-hybridized carbons (Fsp3) is 0.706. The molecule has 0 N–H and O–H groups in total. The Morgan fingerprint density at radius 1 is 1.20 bits per heavy atom. The number of rotatable bonds is 1. The van der Waals surface area contributed by atoms with Crippen molar-refractivity contribution in [1.29, 1.82) is 0 Å². The van der Waals surface area contributed by atoms with E-state index in [9.17, 15) is 4.79 Å². The van der Waals surface area contributed by atoms with Gasteiger partial charge in [0.2, 0.25) is 5.28 Å². The van der Waals surface area contributed by atoms with E-state index < -0.39 is 5.60 Å². The van der Waals surface area contributed by atoms with E-state index in [1.807, 2.05) is 20.8 Å². The molecule has 3 aliphatic heterocycles. The van der Waals surface area contributed by atoms with E-state index in [2.05, 4.69) is 14.9 Å². The van der Waals surface area contributed by atoms with Crippen molar-refractivity contribution in [2.45, 2.75) is 64.5 Å². The van der Waals surface area contributed by atoms with E-state index in [1.165, 1.54) is 0 Å². The Hall–Kier alpha value is -1.60. The van der Waals surface area contributed by atoms with Crippen LogP contribution in [0.3, 0.4) is 0 Å². The fourth-order valence-electron chi connectivity index (χ4n) is 3.71. The zero-order valence-corrected chi connectivity index (χ0v) is 15.5. The zero-order chi connectivity index (χ0) is 17.8. The molecule has 1 aromatic heterocycles. The highest BCUT2D eigenvalue weighted by atomic mass is 35.5. The number of hydrogen-bond acceptors (Lipinski definition) is 6. The van der Waals surface area contributed by atoms with Crippen LogP contribution < -0.4 is 4.90 Å². The molecule has 3 aliphatic rings. The Bertz CT molecular complexity index is 694. The van der Waals surface area contributed by atoms with Crippen LogP contribution >= 0.6 is 11.6 Å². The second-order valence-corrected chi connectivity index (χ2v) is 8.28. The van der Waals surface area contributed by atoms with Gasteiger partial charge < -0.3 is 14.4 Å². The minimum Gasteiger partial charge on any atom is -0.444 e. The molecule has 4 heterocycles. The first-order valence-corrected chi connectivity index (χ1v) is 9.10. The van der Waals surface area contributed by atoms with Crippen LogP contribution in [0.5, 0.6) is 0 Å². The first-order valence-electron chi connectivity index (χ1n) is 8.72. The zero-order valence-electron chi connectivity index (χ0n) is 14.8. The van der Waals surface area contributed by atoms with Gasteiger partial charge in [0.1, 0.15) is 11.4 Å². The number of fused-ring (bicyclic) bond motifs is 3. The third-order valence-corrected chi connectivity index (χ3v) is 4.90. The molecule has 1 aromatic rings. The topological polar surface area (TPSA) is 67.8 Å². The summed E-state index contributed by atoms with van der Waals surface area (Å²) in [5.74, 6) is 0.834. The highest BCUT2D eigenvalue weighted by Gasteiger charge is 2.38. The van der Waals surface area contributed by atoms with Crippen molar-refractivity contribution in [2.75, 3.05) is 18.0 Å². The van der Waals surface area contributed by atoms with Crippen molar-refractivity contribution in [3.63, 3.8) is 0 Å². The van der Waals surface area contributed by atoms with Crippen molar-refractivity contribution >= 4 is 23.5 Å². The molecular weight excluding hydrogens is 344 g/mol. The summed E-state index contributed by atoms with van der Waals surface area (Å²) in [6, 6.07) is 0. The predicted molar refractivity (Wildman–Crippen MR) is 92.6 cm³/mol. The number of carbonyl (C=O) groups excluding carboxylic acids is 1. The number of hydrogen-bond donors (Lipinski definition) is 0. The number of nitrogens with zero attached hydrogens (tertiary/aromatic N) is 4. The van der Waals surface area contributed by atoms with Crippen LogP contribution in [0.25, 0.3) is 0 Å². The molecular formula is C17H23ClN4O3. The summed E-state index contributed by atoms with van der Waals surface area (Å²) in [5.41, 5.74) is 1.25. The molecule has 8 heteroatoms. The van der Waals surface area contributed by atoms with E-state index in [0.29, 0.717) is 13.1 Å². The van der Waals surface area contributed by atoms with Crippen molar-refractivity contribution in [3.05, 3.63) is 16.5 Å². The van der Waals surface area contributed by atoms with E-state index in [1.54, 1.807) is 4.90 Å². The van der Waals surface area contributed by atoms with Crippen molar-refractivity contribution in [2.24, 2.45) is 0 Å². The number of anilines is 1. The van der Waals surface area contributed by atoms with Gasteiger partial charge in [0, 0.05) is 18.7 Å². The third kappa shape index (κ3) is 3.40. The Morgan fingerprint density at radius 3 is 2.52 bits per heavy atom. The first kappa shape index (κ1) is 16.8. The Kier molecular flexibility index (Phi) is 4.03. The average molecular weight is 367 g/mol. The smallest absolute Gasteiger partial charge is 0.410 e. The number of ether oxygens (including phenoxy) is 2. The van der Waals surface area contributed by atoms with Gasteiger partial charge in [0.15, 0.2) is 0 Å². The highest BCUT2D eigenvalue weighted by Crippen LogP contribution is 2.35. The summed E-state index contributed by atoms with van der Waals surface area (Å²) in [5, 5.41) is 0.221. The van der Waals surface area contributed by atoms with Gasteiger partial charge in [-0.15, -0.1) is 0 Å². The molecule has 0 unspecified atom stereocenters. The minimum atomic E-state index is -0.526. The summed E-state index contributed by atoms with van der Waals surface area (Å²) >= 11 is 6.16. The largest absolute Gasteiger partial charge is 0.444 e. The SMILES string of the molecule is CC(C)(C)OC(=O)N1Cc2nc(Cl)nc(N3C[C@H]4CC[C@@H](C3)O4)c2C1. The number of aromatic nitrogens is 2. The maximum atomic E-state index is 12.4. The van der Waals surface area contributed by atoms with Crippen molar-refractivity contribution < 1.29 is 14.3 Å². The van der Waals surface area contributed by atoms with Crippen LogP contribution in [0.2, 0.25) is 5.28 Å². The summed E-state index contributed by atoms with van der Waals surface area (Å²) in [6.07, 6.45) is 2.35. The van der Waals surface area contributed by atoms with E-state index in [4.69, 9.17) is 21.1 Å². The van der Waals surface area contributed by atoms with Crippen LogP contribution in [-0.2, 0) is 22.6 Å². The monoisotopic (exact) mass is 366 g/mol. The quantitative estimate of drug-likeness (QED) is 0.712. The summed E-state index contributed by atoms with van der Waals surface area (Å²) in [4.78, 5) is 25.1. The molecule has 2 bridgehead atoms. The molecule has 0 aromatic carbocycles. The summed E-state index contributed by atoms with van der Waals surface area (Å²) in [7, 11) is 0. The lowest BCUT2D eigenvalue weighted by atomic mass is 10.2. The molecule has 0 saturated carbocycles. The summed E-state index contributed by atoms with van der Waals surface area (Å²) < 4.78 is 11.4. The molecule has 2 atom stereocenters. The van der Waals surface area contributed by atoms with Crippen LogP contribution in [0, 0.1) is 0 Å². The molecule has 2 fully saturated rings. The Balaban J connectivity index is 1.58. The van der Waals surface area contributed by atoms with E-state index in [-0.39, 0.29) is 23.6 Å². The highest BCUT2D eigenvalue weighted by molar-refractivity contribution is 6.28. The van der Waals surface area contributed by atoms with E-state index >= 15 is 0 Å². The van der Waals surface area contributed by atoms with Crippen molar-refractivity contribution in [3.8, 4) is 0 Å². The third-order valence-electron chi connectivity index (χ3n) is 4.73. The molecule has 1 amide bonds. The van der Waals surface area contributed by atoms with Crippen LogP contribution in [-0.4, -0.2) is 51.9 Å². The van der Waals surface area contributed by atoms with Crippen LogP contribution in [0.15, 0.2) is 0 Å². The molecule has 25 heavy (non-hydrogen) atoms. The molecule has 7 nitrogen and oxygen atoms in total. The van der Waals surface area contributed by atoms with Gasteiger partial charge in [-0.25, -0.2) is 14.8 Å². The minimum absolute atomic E-state index is 0.221. The molecule has 0 aliphatic carbocycles. The molecule has 0 radical (unpaired) electrons. The van der Waals surface area contributed by atoms with Gasteiger partial charge in [-0.2, -0.15) is 0 Å². The number of amides is 1. The average Bonchev–Trinajstić information content (AvgIpc) is 3.07. The Morgan fingerprint density at radius 2 is 1.88 bits per heavy atom. The normalized spacial score (nSPS) is 25.3. The Labute approximate surface area is 152 Å². The first-order chi connectivity index (χ1) is 11.8. The van der Waals surface area contributed by atoms with Gasteiger partial charge in [-0.1, -0.05) is 0 Å². The molecule has 0 spiro atoms. The van der Waals surface area contributed by atoms with Gasteiger partial charge >= 0.3 is 6.09 Å². The van der Waals surface area contributed by atoms with Gasteiger partial charge in [-0.05, 0) is 45.2 Å². The molecule has 2 saturated heterocycles. The summed E-state index contributed by atoms with van der Waals surface area (Å²) in [6.45, 7) is 8.05. The number of morpholine rings is 1. The van der Waals surface area contributed by atoms with Crippen molar-refractivity contribution in [1.82, 2.24) is 14.9 Å². The van der Waals surface area contributed by atoms with Gasteiger partial charge in [0.25, 0.3) is 0 Å². The maximum absolute atomic E-state index is 12.4. The van der Waals surface area contributed by atoms with Gasteiger partial charge in [-0.3, -0.25) is 4.90 Å². The van der Waals surface area contributed by atoms with Gasteiger partial charge in [0.05, 0.1) is 31.0 Å². The number of halogens is 1. The predicted octanol–water partition coefficient (Wildman–Crippen LogP) is 2.75. The van der Waals surface area contributed by atoms with E-state index in [0.717, 1.165) is 43.0 Å². The molecule has 4 rings (SSSR count). The fourth-order valence-corrected chi connectivity index (χ4v) is 3.90. The lowest BCUT2D eigenvalue weighted by molar-refractivity contribution is 0.0237. The lowest BCUT2D eigenvalue weighted by Gasteiger charge is -2.34. The second kappa shape index (κ2) is 5.99. The number of carbonyl (C=O) groups is 1. The van der Waals surface area contributed by atoms with Crippen LogP contribution in [0.1, 0.15) is 44.9 Å². The standard InChI is InChI=1S/C17H23ClN4O3/c1-17(2,3)25-16(23)22-8-12-13(9-22)19-15(18)20-14(12)21-6-10-4-5-11(7-21)24-10/h10-11H,4-9H2,1-3H3/t10-,11+. The van der Waals surface area contributed by atoms with Crippen LogP contribution in [0.4, 0.5) is 10.6 Å².